The van der Waals surface area contributed by atoms with E-state index in [0.29, 0.717) is 49.3 Å². The summed E-state index contributed by atoms with van der Waals surface area (Å²) in [4.78, 5) is 24.2. The van der Waals surface area contributed by atoms with Crippen molar-refractivity contribution in [2.75, 3.05) is 53.2 Å². The average Bonchev–Trinajstić information content (AvgIpc) is 1.69. The zero-order chi connectivity index (χ0) is 68.8. The second-order valence-corrected chi connectivity index (χ2v) is 29.0. The molecule has 24 heteroatoms. The number of methoxy groups -OCH3 is 4. The van der Waals surface area contributed by atoms with Crippen molar-refractivity contribution in [1.82, 2.24) is 39.1 Å². The van der Waals surface area contributed by atoms with Gasteiger partial charge in [0.25, 0.3) is 0 Å². The maximum Gasteiger partial charge on any atom is 0.306 e. The number of benzene rings is 4. The van der Waals surface area contributed by atoms with Crippen molar-refractivity contribution in [3.05, 3.63) is 174 Å². The van der Waals surface area contributed by atoms with E-state index >= 15 is 0 Å². The number of sulfone groups is 2. The number of unbranched alkanes of at least 4 members (excludes halogenated alkanes) is 2. The molecule has 0 aliphatic carbocycles. The Morgan fingerprint density at radius 3 is 1.22 bits per heavy atom. The van der Waals surface area contributed by atoms with Crippen LogP contribution in [0.5, 0.6) is 23.0 Å². The minimum atomic E-state index is -3.69. The molecule has 2 atom stereocenters. The summed E-state index contributed by atoms with van der Waals surface area (Å²) >= 11 is 4.56. The standard InChI is InChI=1S/2C23H34N2O5S.2C12H13IN2O/c1-5-7-8-19(6-2)17-30-22(26)13-14-31(27,28)23-18(3)15-25(24-23)16-20-9-11-21(29-4)12-10-20;1-5-7-8-19(6-2)17-30-22(26)13-14-31(27,28)23-18(3)15-24-25(23)16-20-9-11-21(29-4)12-10-20;1-9-7-15(14-12(9)13)8-10-3-5-11(16-2)6-4-10;1-9-7-14-15(12(9)13)8-10-3-5-11(16-2)6-4-10/h2*9-12,15,19H,5-8,13-14,16-17H2,1-4H3;2*3-7H,8H2,1-2H3. The van der Waals surface area contributed by atoms with Crippen molar-refractivity contribution in [2.45, 2.75) is 156 Å². The van der Waals surface area contributed by atoms with Crippen LogP contribution in [0, 0.1) is 46.9 Å². The lowest BCUT2D eigenvalue weighted by atomic mass is 10.0. The second kappa shape index (κ2) is 39.9. The third-order valence-electron chi connectivity index (χ3n) is 15.5. The number of aryl methyl sites for hydroxylation is 4. The minimum absolute atomic E-state index is 0.0168. The van der Waals surface area contributed by atoms with Crippen LogP contribution >= 0.6 is 45.2 Å². The van der Waals surface area contributed by atoms with E-state index < -0.39 is 31.6 Å². The third kappa shape index (κ3) is 25.7. The second-order valence-electron chi connectivity index (χ2n) is 22.9. The molecular formula is C70H94I2N8O12S2. The summed E-state index contributed by atoms with van der Waals surface area (Å²) in [6, 6.07) is 31.0. The van der Waals surface area contributed by atoms with Crippen LogP contribution < -0.4 is 18.9 Å². The van der Waals surface area contributed by atoms with Crippen LogP contribution in [-0.4, -0.2) is 121 Å². The van der Waals surface area contributed by atoms with Crippen LogP contribution in [0.1, 0.15) is 136 Å². The molecule has 20 nitrogen and oxygen atoms in total. The van der Waals surface area contributed by atoms with E-state index in [-0.39, 0.29) is 34.4 Å². The molecule has 0 aliphatic rings. The average molecular weight is 1560 g/mol. The van der Waals surface area contributed by atoms with Gasteiger partial charge in [0.1, 0.15) is 30.4 Å². The molecule has 0 amide bonds. The smallest absolute Gasteiger partial charge is 0.306 e. The van der Waals surface area contributed by atoms with Gasteiger partial charge in [-0.15, -0.1) is 0 Å². The van der Waals surface area contributed by atoms with Gasteiger partial charge < -0.3 is 28.4 Å². The quantitative estimate of drug-likeness (QED) is 0.0282. The van der Waals surface area contributed by atoms with Gasteiger partial charge >= 0.3 is 11.9 Å². The highest BCUT2D eigenvalue weighted by molar-refractivity contribution is 14.1. The molecule has 0 aliphatic heterocycles. The first-order valence-electron chi connectivity index (χ1n) is 31.7. The molecule has 4 aromatic heterocycles. The van der Waals surface area contributed by atoms with Crippen molar-refractivity contribution < 1.29 is 54.8 Å². The van der Waals surface area contributed by atoms with Crippen LogP contribution in [-0.2, 0) is 64.9 Å². The minimum Gasteiger partial charge on any atom is -0.497 e. The van der Waals surface area contributed by atoms with Crippen molar-refractivity contribution >= 4 is 76.8 Å². The number of carbonyl (C=O) groups is 2. The first-order chi connectivity index (χ1) is 45.0. The number of esters is 2. The fraction of sp³-hybridized carbons (Fsp3) is 0.457. The van der Waals surface area contributed by atoms with Gasteiger partial charge in [0.15, 0.2) is 29.7 Å². The fourth-order valence-electron chi connectivity index (χ4n) is 9.66. The molecule has 512 valence electrons. The molecule has 0 N–H and O–H groups in total. The van der Waals surface area contributed by atoms with E-state index in [9.17, 15) is 26.4 Å². The zero-order valence-electron chi connectivity index (χ0n) is 56.5. The van der Waals surface area contributed by atoms with E-state index in [2.05, 4.69) is 138 Å². The molecule has 0 spiro atoms. The molecule has 8 rings (SSSR count). The molecular weight excluding hydrogens is 1460 g/mol. The van der Waals surface area contributed by atoms with Crippen LogP contribution in [0.4, 0.5) is 0 Å². The first kappa shape index (κ1) is 77.9. The number of rotatable bonds is 32. The lowest BCUT2D eigenvalue weighted by molar-refractivity contribution is -0.145. The lowest BCUT2D eigenvalue weighted by Gasteiger charge is -2.15. The molecule has 0 bridgehead atoms. The predicted octanol–water partition coefficient (Wildman–Crippen LogP) is 14.0. The number of aromatic nitrogens is 8. The molecule has 0 radical (unpaired) electrons. The van der Waals surface area contributed by atoms with Crippen LogP contribution in [0.3, 0.4) is 0 Å². The summed E-state index contributed by atoms with van der Waals surface area (Å²) in [5.41, 5.74) is 7.88. The van der Waals surface area contributed by atoms with E-state index in [1.807, 2.05) is 88.4 Å². The molecule has 4 aromatic carbocycles. The molecule has 0 saturated carbocycles. The van der Waals surface area contributed by atoms with Gasteiger partial charge in [-0.3, -0.25) is 23.6 Å². The summed E-state index contributed by atoms with van der Waals surface area (Å²) in [6.45, 7) is 19.0. The third-order valence-corrected chi connectivity index (χ3v) is 21.5. The summed E-state index contributed by atoms with van der Waals surface area (Å²) in [5.74, 6) is 2.35. The Morgan fingerprint density at radius 1 is 0.479 bits per heavy atom. The fourth-order valence-corrected chi connectivity index (χ4v) is 13.5. The largest absolute Gasteiger partial charge is 0.497 e. The monoisotopic (exact) mass is 1560 g/mol. The molecule has 0 fully saturated rings. The molecule has 8 aromatic rings. The Hall–Kier alpha value is -6.78. The van der Waals surface area contributed by atoms with E-state index in [4.69, 9.17) is 28.4 Å². The predicted molar refractivity (Wildman–Crippen MR) is 384 cm³/mol. The number of halogens is 2. The van der Waals surface area contributed by atoms with Gasteiger partial charge in [-0.1, -0.05) is 115 Å². The molecule has 4 heterocycles. The number of hydrogen-bond acceptors (Lipinski definition) is 16. The number of carbonyl (C=O) groups excluding carboxylic acids is 2. The molecule has 94 heavy (non-hydrogen) atoms. The van der Waals surface area contributed by atoms with Crippen molar-refractivity contribution in [3.63, 3.8) is 0 Å². The highest BCUT2D eigenvalue weighted by Crippen LogP contribution is 2.24. The maximum absolute atomic E-state index is 13.0. The first-order valence-corrected chi connectivity index (χ1v) is 37.2. The van der Waals surface area contributed by atoms with Crippen LogP contribution in [0.2, 0.25) is 0 Å². The zero-order valence-corrected chi connectivity index (χ0v) is 62.4. The topological polar surface area (TPSA) is 229 Å². The Morgan fingerprint density at radius 2 is 0.851 bits per heavy atom. The van der Waals surface area contributed by atoms with Crippen molar-refractivity contribution in [3.8, 4) is 23.0 Å². The van der Waals surface area contributed by atoms with Gasteiger partial charge in [-0.2, -0.15) is 20.4 Å². The lowest BCUT2D eigenvalue weighted by Crippen LogP contribution is -2.20. The Kier molecular flexibility index (Phi) is 33.1. The van der Waals surface area contributed by atoms with Gasteiger partial charge in [0.2, 0.25) is 0 Å². The van der Waals surface area contributed by atoms with E-state index in [0.717, 1.165) is 102 Å². The van der Waals surface area contributed by atoms with Gasteiger partial charge in [-0.25, -0.2) is 21.5 Å². The van der Waals surface area contributed by atoms with Crippen LogP contribution in [0.15, 0.2) is 132 Å². The van der Waals surface area contributed by atoms with Gasteiger partial charge in [0.05, 0.1) is 105 Å². The summed E-state index contributed by atoms with van der Waals surface area (Å²) in [5, 5.41) is 17.4. The van der Waals surface area contributed by atoms with Crippen molar-refractivity contribution in [1.29, 1.82) is 0 Å². The SMILES string of the molecule is CCCCC(CC)COC(=O)CCS(=O)(=O)c1c(C)cnn1Cc1ccc(OC)cc1.CCCCC(CC)COC(=O)CCS(=O)(=O)c1nn(Cc2ccc(OC)cc2)cc1C.COc1ccc(Cn2cc(C)c(I)n2)cc1.COc1ccc(Cn2ncc(C)c2I)cc1. The Balaban J connectivity index is 0.000000237. The van der Waals surface area contributed by atoms with E-state index in [1.54, 1.807) is 53.2 Å². The van der Waals surface area contributed by atoms with Gasteiger partial charge in [-0.05, 0) is 168 Å². The molecule has 2 unspecified atom stereocenters. The Bertz CT molecular complexity index is 3780. The number of ether oxygens (including phenoxy) is 6. The summed E-state index contributed by atoms with van der Waals surface area (Å²) in [6.07, 6.45) is 15.2. The highest BCUT2D eigenvalue weighted by atomic mass is 127. The van der Waals surface area contributed by atoms with Crippen LogP contribution in [0.25, 0.3) is 0 Å². The number of nitrogens with zero attached hydrogens (tertiary/aromatic N) is 8. The summed E-state index contributed by atoms with van der Waals surface area (Å²) < 4.78 is 91.9. The van der Waals surface area contributed by atoms with E-state index in [1.165, 1.54) is 36.8 Å². The normalized spacial score (nSPS) is 11.8. The maximum atomic E-state index is 13.0. The van der Waals surface area contributed by atoms with Crippen molar-refractivity contribution in [2.24, 2.45) is 11.8 Å². The Labute approximate surface area is 583 Å². The molecule has 0 saturated heterocycles. The number of hydrogen-bond donors (Lipinski definition) is 0. The highest BCUT2D eigenvalue weighted by Gasteiger charge is 2.26. The van der Waals surface area contributed by atoms with Gasteiger partial charge in [0, 0.05) is 34.6 Å². The summed E-state index contributed by atoms with van der Waals surface area (Å²) in [7, 11) is -0.822.